The summed E-state index contributed by atoms with van der Waals surface area (Å²) in [5, 5.41) is 17.5. The van der Waals surface area contributed by atoms with E-state index in [9.17, 15) is 14.7 Å². The number of nitrogens with one attached hydrogen (secondary N) is 1. The molecule has 25 heavy (non-hydrogen) atoms. The molecule has 2 aliphatic rings. The Kier molecular flexibility index (Phi) is 3.93. The maximum absolute atomic E-state index is 12.8. The number of ether oxygens (including phenoxy) is 1. The zero-order chi connectivity index (χ0) is 17.4. The van der Waals surface area contributed by atoms with E-state index in [1.807, 2.05) is 29.2 Å². The van der Waals surface area contributed by atoms with E-state index in [-0.39, 0.29) is 12.5 Å². The van der Waals surface area contributed by atoms with Gasteiger partial charge in [-0.25, -0.2) is 0 Å². The molecule has 1 aromatic heterocycles. The topological polar surface area (TPSA) is 98.8 Å². The number of carboxylic acids is 1. The SMILES string of the molecule is O=C(c1n[nH]c2ccccc12)N1CCN(C2(C(=O)O)CCOC2)CC1. The van der Waals surface area contributed by atoms with Crippen molar-refractivity contribution in [3.63, 3.8) is 0 Å². The molecule has 2 saturated heterocycles. The third kappa shape index (κ3) is 2.58. The summed E-state index contributed by atoms with van der Waals surface area (Å²) >= 11 is 0. The highest BCUT2D eigenvalue weighted by atomic mass is 16.5. The zero-order valence-corrected chi connectivity index (χ0v) is 13.8. The molecule has 8 nitrogen and oxygen atoms in total. The second-order valence-corrected chi connectivity index (χ2v) is 6.54. The Balaban J connectivity index is 1.48. The van der Waals surface area contributed by atoms with Gasteiger partial charge in [0.2, 0.25) is 0 Å². The van der Waals surface area contributed by atoms with Gasteiger partial charge in [-0.05, 0) is 6.07 Å². The van der Waals surface area contributed by atoms with E-state index >= 15 is 0 Å². The molecule has 2 N–H and O–H groups in total. The molecular weight excluding hydrogens is 324 g/mol. The van der Waals surface area contributed by atoms with Crippen LogP contribution in [0.3, 0.4) is 0 Å². The van der Waals surface area contributed by atoms with Gasteiger partial charge in [0.25, 0.3) is 5.91 Å². The predicted octanol–water partition coefficient (Wildman–Crippen LogP) is 0.564. The first kappa shape index (κ1) is 16.0. The molecule has 1 amide bonds. The van der Waals surface area contributed by atoms with Crippen LogP contribution in [-0.4, -0.2) is 81.9 Å². The van der Waals surface area contributed by atoms with Crippen molar-refractivity contribution in [2.75, 3.05) is 39.4 Å². The van der Waals surface area contributed by atoms with Crippen LogP contribution in [0, 0.1) is 0 Å². The minimum atomic E-state index is -0.950. The van der Waals surface area contributed by atoms with E-state index in [1.165, 1.54) is 0 Å². The molecular formula is C17H20N4O4. The Bertz CT molecular complexity index is 804. The standard InChI is InChI=1S/C17H20N4O4/c22-15(14-12-3-1-2-4-13(12)18-19-14)20-6-8-21(9-7-20)17(16(23)24)5-10-25-11-17/h1-4H,5-11H2,(H,18,19)(H,23,24). The number of nitrogens with zero attached hydrogens (tertiary/aromatic N) is 3. The van der Waals surface area contributed by atoms with Crippen LogP contribution in [0.25, 0.3) is 10.9 Å². The van der Waals surface area contributed by atoms with Crippen molar-refractivity contribution in [1.82, 2.24) is 20.0 Å². The predicted molar refractivity (Wildman–Crippen MR) is 89.4 cm³/mol. The van der Waals surface area contributed by atoms with Crippen molar-refractivity contribution in [3.8, 4) is 0 Å². The number of carbonyl (C=O) groups is 2. The molecule has 2 aliphatic heterocycles. The van der Waals surface area contributed by atoms with Gasteiger partial charge in [0.15, 0.2) is 5.69 Å². The quantitative estimate of drug-likeness (QED) is 0.844. The molecule has 0 bridgehead atoms. The summed E-state index contributed by atoms with van der Waals surface area (Å²) in [7, 11) is 0. The largest absolute Gasteiger partial charge is 0.480 e. The number of H-pyrrole nitrogens is 1. The van der Waals surface area contributed by atoms with E-state index in [0.717, 1.165) is 10.9 Å². The molecule has 0 aliphatic carbocycles. The lowest BCUT2D eigenvalue weighted by Gasteiger charge is -2.42. The molecule has 132 valence electrons. The Morgan fingerprint density at radius 3 is 2.64 bits per heavy atom. The highest BCUT2D eigenvalue weighted by Crippen LogP contribution is 2.28. The van der Waals surface area contributed by atoms with Crippen LogP contribution >= 0.6 is 0 Å². The molecule has 3 heterocycles. The number of aliphatic carboxylic acids is 1. The minimum Gasteiger partial charge on any atom is -0.480 e. The maximum atomic E-state index is 12.8. The van der Waals surface area contributed by atoms with Gasteiger partial charge in [-0.15, -0.1) is 0 Å². The van der Waals surface area contributed by atoms with E-state index in [4.69, 9.17) is 4.74 Å². The highest BCUT2D eigenvalue weighted by Gasteiger charge is 2.48. The van der Waals surface area contributed by atoms with Crippen molar-refractivity contribution in [1.29, 1.82) is 0 Å². The minimum absolute atomic E-state index is 0.121. The van der Waals surface area contributed by atoms with Gasteiger partial charge in [-0.3, -0.25) is 19.6 Å². The number of rotatable bonds is 3. The number of fused-ring (bicyclic) bond motifs is 1. The Labute approximate surface area is 144 Å². The van der Waals surface area contributed by atoms with Crippen LogP contribution in [0.2, 0.25) is 0 Å². The number of benzene rings is 1. The second-order valence-electron chi connectivity index (χ2n) is 6.54. The van der Waals surface area contributed by atoms with Gasteiger partial charge in [0.05, 0.1) is 12.1 Å². The average molecular weight is 344 g/mol. The molecule has 8 heteroatoms. The molecule has 1 atom stereocenters. The van der Waals surface area contributed by atoms with Gasteiger partial charge in [-0.2, -0.15) is 5.10 Å². The first-order valence-electron chi connectivity index (χ1n) is 8.40. The summed E-state index contributed by atoms with van der Waals surface area (Å²) in [4.78, 5) is 28.2. The average Bonchev–Trinajstić information content (AvgIpc) is 3.29. The molecule has 0 saturated carbocycles. The summed E-state index contributed by atoms with van der Waals surface area (Å²) < 4.78 is 5.34. The van der Waals surface area contributed by atoms with E-state index < -0.39 is 11.5 Å². The van der Waals surface area contributed by atoms with E-state index in [0.29, 0.717) is 44.9 Å². The normalized spacial score (nSPS) is 24.7. The van der Waals surface area contributed by atoms with Gasteiger partial charge in [0.1, 0.15) is 5.54 Å². The number of amides is 1. The van der Waals surface area contributed by atoms with E-state index in [1.54, 1.807) is 4.90 Å². The number of piperazine rings is 1. The monoisotopic (exact) mass is 344 g/mol. The molecule has 4 rings (SSSR count). The van der Waals surface area contributed by atoms with Gasteiger partial charge in [0, 0.05) is 44.6 Å². The summed E-state index contributed by atoms with van der Waals surface area (Å²) in [6.45, 7) is 2.67. The molecule has 2 aromatic rings. The third-order valence-corrected chi connectivity index (χ3v) is 5.24. The number of aromatic nitrogens is 2. The number of aromatic amines is 1. The highest BCUT2D eigenvalue weighted by molar-refractivity contribution is 6.04. The van der Waals surface area contributed by atoms with Crippen LogP contribution in [0.5, 0.6) is 0 Å². The number of hydrogen-bond donors (Lipinski definition) is 2. The van der Waals surface area contributed by atoms with Crippen LogP contribution in [0.4, 0.5) is 0 Å². The van der Waals surface area contributed by atoms with Crippen molar-refractivity contribution >= 4 is 22.8 Å². The van der Waals surface area contributed by atoms with Crippen molar-refractivity contribution < 1.29 is 19.4 Å². The summed E-state index contributed by atoms with van der Waals surface area (Å²) in [6, 6.07) is 7.53. The maximum Gasteiger partial charge on any atom is 0.326 e. The lowest BCUT2D eigenvalue weighted by Crippen LogP contribution is -2.61. The fourth-order valence-corrected chi connectivity index (χ4v) is 3.72. The van der Waals surface area contributed by atoms with Gasteiger partial charge in [-0.1, -0.05) is 18.2 Å². The van der Waals surface area contributed by atoms with Crippen LogP contribution < -0.4 is 0 Å². The Morgan fingerprint density at radius 1 is 1.20 bits per heavy atom. The number of carboxylic acid groups (broad SMARTS) is 1. The lowest BCUT2D eigenvalue weighted by atomic mass is 9.95. The summed E-state index contributed by atoms with van der Waals surface area (Å²) in [5.41, 5.74) is 0.298. The molecule has 0 spiro atoms. The first-order valence-corrected chi connectivity index (χ1v) is 8.40. The molecule has 2 fully saturated rings. The molecule has 0 radical (unpaired) electrons. The smallest absolute Gasteiger partial charge is 0.326 e. The van der Waals surface area contributed by atoms with Crippen molar-refractivity contribution in [2.24, 2.45) is 0 Å². The van der Waals surface area contributed by atoms with Gasteiger partial charge >= 0.3 is 5.97 Å². The summed E-state index contributed by atoms with van der Waals surface area (Å²) in [6.07, 6.45) is 0.486. The Morgan fingerprint density at radius 2 is 1.96 bits per heavy atom. The fraction of sp³-hybridized carbons (Fsp3) is 0.471. The molecule has 1 unspecified atom stereocenters. The van der Waals surface area contributed by atoms with E-state index in [2.05, 4.69) is 10.2 Å². The zero-order valence-electron chi connectivity index (χ0n) is 13.8. The Hall–Kier alpha value is -2.45. The van der Waals surface area contributed by atoms with Gasteiger partial charge < -0.3 is 14.7 Å². The summed E-state index contributed by atoms with van der Waals surface area (Å²) in [5.74, 6) is -0.966. The van der Waals surface area contributed by atoms with Crippen LogP contribution in [0.15, 0.2) is 24.3 Å². The second kappa shape index (κ2) is 6.12. The lowest BCUT2D eigenvalue weighted by molar-refractivity contribution is -0.152. The van der Waals surface area contributed by atoms with Crippen LogP contribution in [-0.2, 0) is 9.53 Å². The number of carbonyl (C=O) groups excluding carboxylic acids is 1. The van der Waals surface area contributed by atoms with Crippen molar-refractivity contribution in [2.45, 2.75) is 12.0 Å². The number of para-hydroxylation sites is 1. The van der Waals surface area contributed by atoms with Crippen LogP contribution in [0.1, 0.15) is 16.9 Å². The number of hydrogen-bond acceptors (Lipinski definition) is 5. The molecule has 1 aromatic carbocycles. The fourth-order valence-electron chi connectivity index (χ4n) is 3.72. The third-order valence-electron chi connectivity index (χ3n) is 5.24. The van der Waals surface area contributed by atoms with Crippen molar-refractivity contribution in [3.05, 3.63) is 30.0 Å². The first-order chi connectivity index (χ1) is 12.1.